The van der Waals surface area contributed by atoms with E-state index in [2.05, 4.69) is 10.6 Å². The van der Waals surface area contributed by atoms with Gasteiger partial charge in [0.15, 0.2) is 0 Å². The van der Waals surface area contributed by atoms with Crippen molar-refractivity contribution in [3.05, 3.63) is 0 Å². The highest BCUT2D eigenvalue weighted by molar-refractivity contribution is 5.87. The van der Waals surface area contributed by atoms with E-state index in [1.165, 1.54) is 12.0 Å². The van der Waals surface area contributed by atoms with E-state index in [0.717, 1.165) is 0 Å². The topological polar surface area (TPSA) is 108 Å². The van der Waals surface area contributed by atoms with E-state index >= 15 is 0 Å². The number of nitrogens with zero attached hydrogens (tertiary/aromatic N) is 1. The van der Waals surface area contributed by atoms with Gasteiger partial charge in [-0.2, -0.15) is 0 Å². The van der Waals surface area contributed by atoms with Crippen LogP contribution >= 0.6 is 0 Å². The monoisotopic (exact) mass is 301 g/mol. The Bertz CT molecular complexity index is 419. The summed E-state index contributed by atoms with van der Waals surface area (Å²) in [7, 11) is 1.47. The van der Waals surface area contributed by atoms with E-state index in [9.17, 15) is 14.4 Å². The second-order valence-corrected chi connectivity index (χ2v) is 6.06. The van der Waals surface area contributed by atoms with Crippen molar-refractivity contribution >= 4 is 17.9 Å². The van der Waals surface area contributed by atoms with E-state index in [1.54, 1.807) is 0 Å². The van der Waals surface area contributed by atoms with E-state index in [4.69, 9.17) is 9.84 Å². The fraction of sp³-hybridized carbons (Fsp3) is 0.769. The van der Waals surface area contributed by atoms with Crippen LogP contribution in [0.3, 0.4) is 0 Å². The molecule has 1 fully saturated rings. The van der Waals surface area contributed by atoms with Crippen LogP contribution in [0.1, 0.15) is 27.2 Å². The van der Waals surface area contributed by atoms with E-state index in [-0.39, 0.29) is 37.1 Å². The van der Waals surface area contributed by atoms with Crippen molar-refractivity contribution in [2.75, 3.05) is 20.2 Å². The van der Waals surface area contributed by atoms with Gasteiger partial charge in [-0.1, -0.05) is 0 Å². The van der Waals surface area contributed by atoms with Crippen molar-refractivity contribution in [2.24, 2.45) is 0 Å². The molecule has 21 heavy (non-hydrogen) atoms. The lowest BCUT2D eigenvalue weighted by atomic mass is 10.1. The highest BCUT2D eigenvalue weighted by Crippen LogP contribution is 2.20. The maximum atomic E-state index is 12.0. The molecule has 0 spiro atoms. The molecule has 0 radical (unpaired) electrons. The molecule has 1 aliphatic rings. The summed E-state index contributed by atoms with van der Waals surface area (Å²) in [6, 6.07) is -1.51. The van der Waals surface area contributed by atoms with Crippen molar-refractivity contribution < 1.29 is 24.2 Å². The van der Waals surface area contributed by atoms with Gasteiger partial charge in [-0.05, 0) is 20.8 Å². The number of ether oxygens (including phenoxy) is 1. The quantitative estimate of drug-likeness (QED) is 0.665. The maximum Gasteiger partial charge on any atom is 0.326 e. The Morgan fingerprint density at radius 3 is 2.43 bits per heavy atom. The number of rotatable bonds is 4. The maximum absolute atomic E-state index is 12.0. The lowest BCUT2D eigenvalue weighted by Crippen LogP contribution is -2.50. The minimum absolute atomic E-state index is 0.195. The van der Waals surface area contributed by atoms with Crippen LogP contribution in [0.2, 0.25) is 0 Å². The molecule has 0 aromatic rings. The third-order valence-corrected chi connectivity index (χ3v) is 3.06. The third-order valence-electron chi connectivity index (χ3n) is 3.06. The summed E-state index contributed by atoms with van der Waals surface area (Å²) in [5.41, 5.74) is -0.389. The molecule has 3 N–H and O–H groups in total. The Morgan fingerprint density at radius 1 is 1.33 bits per heavy atom. The molecule has 0 aromatic heterocycles. The number of hydrogen-bond donors (Lipinski definition) is 3. The Hall–Kier alpha value is -1.83. The van der Waals surface area contributed by atoms with Gasteiger partial charge < -0.3 is 25.4 Å². The first-order valence-electron chi connectivity index (χ1n) is 6.75. The van der Waals surface area contributed by atoms with E-state index in [0.29, 0.717) is 0 Å². The average Bonchev–Trinajstić information content (AvgIpc) is 2.78. The number of methoxy groups -OCH3 is 1. The van der Waals surface area contributed by atoms with Crippen molar-refractivity contribution in [3.63, 3.8) is 0 Å². The number of carboxylic acids is 1. The molecule has 8 heteroatoms. The number of hydrogen-bond acceptors (Lipinski definition) is 4. The summed E-state index contributed by atoms with van der Waals surface area (Å²) in [5.74, 6) is -1.41. The molecule has 1 heterocycles. The fourth-order valence-corrected chi connectivity index (χ4v) is 2.15. The number of carbonyl (C=O) groups is 3. The van der Waals surface area contributed by atoms with Gasteiger partial charge in [-0.15, -0.1) is 0 Å². The Kier molecular flexibility index (Phi) is 5.54. The molecule has 0 saturated carbocycles. The first-order valence-corrected chi connectivity index (χ1v) is 6.75. The van der Waals surface area contributed by atoms with Crippen molar-refractivity contribution in [3.8, 4) is 0 Å². The van der Waals surface area contributed by atoms with Crippen molar-refractivity contribution in [2.45, 2.75) is 44.9 Å². The van der Waals surface area contributed by atoms with E-state index < -0.39 is 18.0 Å². The van der Waals surface area contributed by atoms with Crippen LogP contribution in [0.25, 0.3) is 0 Å². The largest absolute Gasteiger partial charge is 0.480 e. The fourth-order valence-electron chi connectivity index (χ4n) is 2.15. The summed E-state index contributed by atoms with van der Waals surface area (Å²) in [6.45, 7) is 5.49. The predicted octanol–water partition coefficient (Wildman–Crippen LogP) is -0.215. The zero-order valence-electron chi connectivity index (χ0n) is 12.8. The average molecular weight is 301 g/mol. The van der Waals surface area contributed by atoms with Crippen LogP contribution in [0.4, 0.5) is 4.79 Å². The number of likely N-dealkylation sites (tertiary alicyclic amines) is 1. The lowest BCUT2D eigenvalue weighted by molar-refractivity contribution is -0.141. The summed E-state index contributed by atoms with van der Waals surface area (Å²) in [5, 5.41) is 14.3. The van der Waals surface area contributed by atoms with Gasteiger partial charge in [0.2, 0.25) is 5.91 Å². The normalized spacial score (nSPS) is 22.0. The number of nitrogens with one attached hydrogen (secondary N) is 2. The number of urea groups is 1. The number of carboxylic acid groups (broad SMARTS) is 1. The van der Waals surface area contributed by atoms with Crippen LogP contribution < -0.4 is 10.6 Å². The van der Waals surface area contributed by atoms with E-state index in [1.807, 2.05) is 20.8 Å². The lowest BCUT2D eigenvalue weighted by Gasteiger charge is -2.23. The van der Waals surface area contributed by atoms with Gasteiger partial charge >= 0.3 is 12.0 Å². The molecule has 1 rings (SSSR count). The molecule has 3 amide bonds. The molecule has 0 aromatic carbocycles. The first kappa shape index (κ1) is 17.2. The minimum Gasteiger partial charge on any atom is -0.480 e. The molecular formula is C13H23N3O5. The van der Waals surface area contributed by atoms with Gasteiger partial charge in [-0.3, -0.25) is 4.79 Å². The second kappa shape index (κ2) is 6.75. The first-order chi connectivity index (χ1) is 9.64. The molecule has 0 aliphatic carbocycles. The zero-order chi connectivity index (χ0) is 16.2. The van der Waals surface area contributed by atoms with Crippen LogP contribution in [0, 0.1) is 0 Å². The molecule has 2 atom stereocenters. The SMILES string of the molecule is COC1CC(C(=O)O)N(C(=O)NCC(=O)NC(C)(C)C)C1. The standard InChI is InChI=1S/C13H23N3O5/c1-13(2,3)15-10(17)6-14-12(20)16-7-8(21-4)5-9(16)11(18)19/h8-9H,5-7H2,1-4H3,(H,14,20)(H,15,17)(H,18,19). The van der Waals surface area contributed by atoms with Gasteiger partial charge in [-0.25, -0.2) is 9.59 Å². The van der Waals surface area contributed by atoms with Gasteiger partial charge in [0.25, 0.3) is 0 Å². The second-order valence-electron chi connectivity index (χ2n) is 6.06. The highest BCUT2D eigenvalue weighted by Gasteiger charge is 2.39. The molecule has 120 valence electrons. The Labute approximate surface area is 123 Å². The summed E-state index contributed by atoms with van der Waals surface area (Å²) in [6.07, 6.45) is -0.0618. The molecule has 1 saturated heterocycles. The smallest absolute Gasteiger partial charge is 0.326 e. The Morgan fingerprint density at radius 2 is 1.95 bits per heavy atom. The van der Waals surface area contributed by atoms with Gasteiger partial charge in [0.05, 0.1) is 12.6 Å². The predicted molar refractivity (Wildman–Crippen MR) is 74.8 cm³/mol. The van der Waals surface area contributed by atoms with Crippen molar-refractivity contribution in [1.82, 2.24) is 15.5 Å². The van der Waals surface area contributed by atoms with Crippen LogP contribution in [-0.4, -0.2) is 65.8 Å². The van der Waals surface area contributed by atoms with Crippen LogP contribution in [0.5, 0.6) is 0 Å². The molecule has 1 aliphatic heterocycles. The Balaban J connectivity index is 2.54. The zero-order valence-corrected chi connectivity index (χ0v) is 12.8. The minimum atomic E-state index is -1.08. The molecule has 8 nitrogen and oxygen atoms in total. The van der Waals surface area contributed by atoms with Crippen LogP contribution in [0.15, 0.2) is 0 Å². The van der Waals surface area contributed by atoms with Crippen LogP contribution in [-0.2, 0) is 14.3 Å². The highest BCUT2D eigenvalue weighted by atomic mass is 16.5. The molecular weight excluding hydrogens is 278 g/mol. The van der Waals surface area contributed by atoms with Crippen molar-refractivity contribution in [1.29, 1.82) is 0 Å². The number of carbonyl (C=O) groups excluding carboxylic acids is 2. The summed E-state index contributed by atoms with van der Waals surface area (Å²) < 4.78 is 5.10. The third kappa shape index (κ3) is 5.22. The van der Waals surface area contributed by atoms with Gasteiger partial charge in [0, 0.05) is 25.6 Å². The summed E-state index contributed by atoms with van der Waals surface area (Å²) >= 11 is 0. The molecule has 2 unspecified atom stereocenters. The summed E-state index contributed by atoms with van der Waals surface area (Å²) in [4.78, 5) is 36.0. The number of aliphatic carboxylic acids is 1. The number of amides is 3. The van der Waals surface area contributed by atoms with Gasteiger partial charge in [0.1, 0.15) is 6.04 Å². The molecule has 0 bridgehead atoms.